The van der Waals surface area contributed by atoms with Crippen molar-refractivity contribution >= 4 is 33.8 Å². The van der Waals surface area contributed by atoms with E-state index in [0.717, 1.165) is 29.4 Å². The van der Waals surface area contributed by atoms with Gasteiger partial charge in [-0.1, -0.05) is 38.1 Å². The number of benzene rings is 2. The van der Waals surface area contributed by atoms with Gasteiger partial charge in [0.05, 0.1) is 34.6 Å². The Kier molecular flexibility index (Phi) is 6.22. The van der Waals surface area contributed by atoms with Gasteiger partial charge in [0.2, 0.25) is 10.0 Å². The van der Waals surface area contributed by atoms with Crippen LogP contribution in [0.4, 0.5) is 5.69 Å². The fourth-order valence-electron chi connectivity index (χ4n) is 7.21. The average molecular weight is 552 g/mol. The van der Waals surface area contributed by atoms with E-state index < -0.39 is 39.4 Å². The van der Waals surface area contributed by atoms with Crippen molar-refractivity contribution in [2.75, 3.05) is 0 Å². The third kappa shape index (κ3) is 4.59. The SMILES string of the molecule is Cc1cc(CS(=O)(=O)N[C@@H](Cc2coc3ccccc23)B2O[C@@H]3C[C@@H]4C[C@@H](C4(C)C)[C@]3(C)O2)cc([N+](=O)[O-])c1. The third-order valence-corrected chi connectivity index (χ3v) is 10.7. The first-order valence-corrected chi connectivity index (χ1v) is 15.0. The summed E-state index contributed by atoms with van der Waals surface area (Å²) in [6.07, 6.45) is 3.82. The van der Waals surface area contributed by atoms with Gasteiger partial charge in [-0.25, -0.2) is 13.1 Å². The molecule has 0 amide bonds. The van der Waals surface area contributed by atoms with Crippen molar-refractivity contribution in [3.63, 3.8) is 0 Å². The molecule has 39 heavy (non-hydrogen) atoms. The van der Waals surface area contributed by atoms with E-state index >= 15 is 0 Å². The maximum absolute atomic E-state index is 13.5. The van der Waals surface area contributed by atoms with Crippen molar-refractivity contribution in [2.45, 2.75) is 70.4 Å². The van der Waals surface area contributed by atoms with Crippen LogP contribution in [-0.2, 0) is 31.5 Å². The Morgan fingerprint density at radius 1 is 1.18 bits per heavy atom. The van der Waals surface area contributed by atoms with Crippen LogP contribution in [0.5, 0.6) is 0 Å². The zero-order valence-corrected chi connectivity index (χ0v) is 23.4. The van der Waals surface area contributed by atoms with Gasteiger partial charge < -0.3 is 13.7 Å². The molecule has 1 aliphatic heterocycles. The van der Waals surface area contributed by atoms with Gasteiger partial charge in [0.15, 0.2) is 0 Å². The average Bonchev–Trinajstić information content (AvgIpc) is 3.43. The molecule has 1 N–H and O–H groups in total. The highest BCUT2D eigenvalue weighted by Gasteiger charge is 2.68. The van der Waals surface area contributed by atoms with Crippen molar-refractivity contribution < 1.29 is 27.1 Å². The molecule has 7 rings (SSSR count). The second-order valence-electron chi connectivity index (χ2n) is 12.2. The lowest BCUT2D eigenvalue weighted by Crippen LogP contribution is -2.65. The Hall–Kier alpha value is -2.73. The fraction of sp³-hybridized carbons (Fsp3) is 0.500. The molecule has 2 bridgehead atoms. The molecule has 2 aromatic carbocycles. The summed E-state index contributed by atoms with van der Waals surface area (Å²) in [5.41, 5.74) is 2.05. The van der Waals surface area contributed by atoms with E-state index in [9.17, 15) is 18.5 Å². The number of fused-ring (bicyclic) bond motifs is 1. The molecule has 1 saturated heterocycles. The van der Waals surface area contributed by atoms with Gasteiger partial charge in [0.25, 0.3) is 5.69 Å². The second kappa shape index (κ2) is 9.16. The van der Waals surface area contributed by atoms with Crippen LogP contribution in [0.2, 0.25) is 0 Å². The third-order valence-electron chi connectivity index (χ3n) is 9.32. The predicted molar refractivity (Wildman–Crippen MR) is 147 cm³/mol. The van der Waals surface area contributed by atoms with E-state index in [1.165, 1.54) is 12.1 Å². The summed E-state index contributed by atoms with van der Waals surface area (Å²) in [6, 6.07) is 12.0. The van der Waals surface area contributed by atoms with E-state index in [2.05, 4.69) is 25.5 Å². The molecule has 2 heterocycles. The molecular formula is C28H33BN2O7S. The number of nitro benzene ring substituents is 1. The van der Waals surface area contributed by atoms with E-state index in [1.54, 1.807) is 19.3 Å². The molecule has 0 spiro atoms. The lowest BCUT2D eigenvalue weighted by atomic mass is 9.43. The predicted octanol–water partition coefficient (Wildman–Crippen LogP) is 4.95. The minimum absolute atomic E-state index is 0.105. The number of nitrogens with one attached hydrogen (secondary N) is 1. The maximum atomic E-state index is 13.5. The Labute approximate surface area is 228 Å². The minimum atomic E-state index is -3.93. The molecule has 206 valence electrons. The van der Waals surface area contributed by atoms with Crippen LogP contribution in [0.15, 0.2) is 53.1 Å². The van der Waals surface area contributed by atoms with Crippen molar-refractivity contribution in [3.05, 3.63) is 75.5 Å². The van der Waals surface area contributed by atoms with Crippen molar-refractivity contribution in [2.24, 2.45) is 17.3 Å². The summed E-state index contributed by atoms with van der Waals surface area (Å²) >= 11 is 0. The number of nitrogens with zero attached hydrogens (tertiary/aromatic N) is 1. The highest BCUT2D eigenvalue weighted by Crippen LogP contribution is 2.65. The minimum Gasteiger partial charge on any atom is -0.464 e. The maximum Gasteiger partial charge on any atom is 0.477 e. The first kappa shape index (κ1) is 26.5. The number of hydrogen-bond acceptors (Lipinski definition) is 7. The van der Waals surface area contributed by atoms with Gasteiger partial charge in [-0.05, 0) is 73.1 Å². The monoisotopic (exact) mass is 552 g/mol. The second-order valence-corrected chi connectivity index (χ2v) is 14.0. The smallest absolute Gasteiger partial charge is 0.464 e. The Morgan fingerprint density at radius 2 is 1.95 bits per heavy atom. The largest absolute Gasteiger partial charge is 0.477 e. The number of rotatable bonds is 8. The standard InChI is InChI=1S/C28H33BN2O7S/c1-17-9-18(11-21(10-17)31(32)33)16-39(34,35)30-26(12-19-15-36-23-8-6-5-7-22(19)23)29-37-25-14-20-13-24(27(20,2)3)28(25,4)38-29/h5-11,15,20,24-26,30H,12-14,16H2,1-4H3/t20-,24-,25+,26-,28-/m0/s1. The Bertz CT molecular complexity index is 1550. The number of sulfonamides is 1. The molecule has 3 aromatic rings. The molecule has 5 atom stereocenters. The number of furan rings is 1. The zero-order chi connectivity index (χ0) is 27.7. The van der Waals surface area contributed by atoms with Crippen molar-refractivity contribution in [1.82, 2.24) is 4.72 Å². The molecule has 3 aliphatic carbocycles. The molecule has 0 radical (unpaired) electrons. The summed E-state index contributed by atoms with van der Waals surface area (Å²) < 4.78 is 48.7. The first-order chi connectivity index (χ1) is 18.4. The van der Waals surface area contributed by atoms with Crippen LogP contribution in [0, 0.1) is 34.3 Å². The van der Waals surface area contributed by atoms with Crippen LogP contribution in [0.3, 0.4) is 0 Å². The Morgan fingerprint density at radius 3 is 2.69 bits per heavy atom. The number of hydrogen-bond donors (Lipinski definition) is 1. The van der Waals surface area contributed by atoms with E-state index in [-0.39, 0.29) is 17.2 Å². The van der Waals surface area contributed by atoms with Gasteiger partial charge >= 0.3 is 7.12 Å². The van der Waals surface area contributed by atoms with Gasteiger partial charge in [-0.3, -0.25) is 10.1 Å². The molecule has 0 unspecified atom stereocenters. The number of para-hydroxylation sites is 1. The summed E-state index contributed by atoms with van der Waals surface area (Å²) in [6.45, 7) is 8.37. The van der Waals surface area contributed by atoms with Crippen molar-refractivity contribution in [3.8, 4) is 0 Å². The van der Waals surface area contributed by atoms with Crippen LogP contribution < -0.4 is 4.72 Å². The number of nitro groups is 1. The number of aryl methyl sites for hydroxylation is 1. The zero-order valence-electron chi connectivity index (χ0n) is 22.5. The van der Waals surface area contributed by atoms with Crippen LogP contribution in [0.1, 0.15) is 50.3 Å². The van der Waals surface area contributed by atoms with E-state index in [0.29, 0.717) is 29.4 Å². The highest BCUT2D eigenvalue weighted by atomic mass is 32.2. The summed E-state index contributed by atoms with van der Waals surface area (Å²) in [7, 11) is -4.72. The number of non-ortho nitro benzene ring substituents is 1. The van der Waals surface area contributed by atoms with Crippen LogP contribution >= 0.6 is 0 Å². The van der Waals surface area contributed by atoms with Crippen LogP contribution in [0.25, 0.3) is 11.0 Å². The molecular weight excluding hydrogens is 519 g/mol. The lowest BCUT2D eigenvalue weighted by molar-refractivity contribution is -0.385. The molecule has 4 fully saturated rings. The lowest BCUT2D eigenvalue weighted by Gasteiger charge is -2.64. The van der Waals surface area contributed by atoms with Gasteiger partial charge in [-0.15, -0.1) is 0 Å². The van der Waals surface area contributed by atoms with E-state index in [4.69, 9.17) is 13.7 Å². The Balaban J connectivity index is 1.30. The molecule has 9 nitrogen and oxygen atoms in total. The highest BCUT2D eigenvalue weighted by molar-refractivity contribution is 7.88. The van der Waals surface area contributed by atoms with Crippen LogP contribution in [-0.4, -0.2) is 38.1 Å². The first-order valence-electron chi connectivity index (χ1n) is 13.4. The van der Waals surface area contributed by atoms with Crippen molar-refractivity contribution in [1.29, 1.82) is 0 Å². The molecule has 4 aliphatic rings. The normalized spacial score (nSPS) is 28.2. The quantitative estimate of drug-likeness (QED) is 0.239. The van der Waals surface area contributed by atoms with Gasteiger partial charge in [-0.2, -0.15) is 0 Å². The fourth-order valence-corrected chi connectivity index (χ4v) is 8.56. The topological polar surface area (TPSA) is 121 Å². The van der Waals surface area contributed by atoms with E-state index in [1.807, 2.05) is 24.3 Å². The summed E-state index contributed by atoms with van der Waals surface area (Å²) in [5, 5.41) is 12.2. The molecule has 11 heteroatoms. The molecule has 1 aromatic heterocycles. The summed E-state index contributed by atoms with van der Waals surface area (Å²) in [5.74, 6) is -0.228. The van der Waals surface area contributed by atoms with Gasteiger partial charge in [0, 0.05) is 17.5 Å². The summed E-state index contributed by atoms with van der Waals surface area (Å²) in [4.78, 5) is 10.8. The molecule has 3 saturated carbocycles. The van der Waals surface area contributed by atoms with Gasteiger partial charge in [0.1, 0.15) is 5.58 Å².